The maximum absolute atomic E-state index is 12.7. The van der Waals surface area contributed by atoms with Crippen molar-refractivity contribution in [3.63, 3.8) is 0 Å². The van der Waals surface area contributed by atoms with Crippen LogP contribution in [-0.4, -0.2) is 32.7 Å². The molecule has 0 bridgehead atoms. The number of benzene rings is 3. The average molecular weight is 428 g/mol. The van der Waals surface area contributed by atoms with Gasteiger partial charge in [-0.25, -0.2) is 4.79 Å². The van der Waals surface area contributed by atoms with Crippen LogP contribution in [0.4, 0.5) is 0 Å². The molecule has 0 spiro atoms. The third kappa shape index (κ3) is 4.32. The standard InChI is InChI=1S/C25H20N2O5/c1-32-24-13-16(6-12-23(24)30)5-11-22(29)18-3-2-4-19(14-18)27-15-21(26-25(27)31)17-7-9-20(28)10-8-17/h2-15,28,30H,1H3,(H,26,31)/b11-5+. The minimum absolute atomic E-state index is 0.0206. The molecule has 1 aromatic heterocycles. The molecule has 7 nitrogen and oxygen atoms in total. The number of imidazole rings is 1. The van der Waals surface area contributed by atoms with Crippen LogP contribution in [0.3, 0.4) is 0 Å². The van der Waals surface area contributed by atoms with Crippen LogP contribution in [0.1, 0.15) is 15.9 Å². The molecule has 0 saturated heterocycles. The van der Waals surface area contributed by atoms with Crippen molar-refractivity contribution in [2.24, 2.45) is 0 Å². The lowest BCUT2D eigenvalue weighted by molar-refractivity contribution is 0.104. The van der Waals surface area contributed by atoms with Crippen LogP contribution in [0, 0.1) is 0 Å². The van der Waals surface area contributed by atoms with Gasteiger partial charge in [-0.05, 0) is 65.7 Å². The predicted octanol–water partition coefficient (Wildman–Crippen LogP) is 4.15. The highest BCUT2D eigenvalue weighted by atomic mass is 16.5. The lowest BCUT2D eigenvalue weighted by Crippen LogP contribution is -2.14. The van der Waals surface area contributed by atoms with Crippen molar-refractivity contribution in [3.05, 3.63) is 101 Å². The van der Waals surface area contributed by atoms with Gasteiger partial charge in [0, 0.05) is 11.8 Å². The molecule has 160 valence electrons. The van der Waals surface area contributed by atoms with Crippen molar-refractivity contribution >= 4 is 11.9 Å². The lowest BCUT2D eigenvalue weighted by atomic mass is 10.1. The molecular formula is C25H20N2O5. The number of allylic oxidation sites excluding steroid dienone is 1. The number of aromatic nitrogens is 2. The summed E-state index contributed by atoms with van der Waals surface area (Å²) in [5.41, 5.74) is 2.66. The van der Waals surface area contributed by atoms with Gasteiger partial charge in [0.15, 0.2) is 17.3 Å². The first-order valence-electron chi connectivity index (χ1n) is 9.75. The molecule has 0 saturated carbocycles. The van der Waals surface area contributed by atoms with Crippen LogP contribution in [0.5, 0.6) is 17.2 Å². The fourth-order valence-corrected chi connectivity index (χ4v) is 3.25. The molecule has 0 aliphatic carbocycles. The van der Waals surface area contributed by atoms with E-state index in [1.54, 1.807) is 72.9 Å². The van der Waals surface area contributed by atoms with Crippen molar-refractivity contribution in [3.8, 4) is 34.2 Å². The number of carbonyl (C=O) groups excluding carboxylic acids is 1. The zero-order chi connectivity index (χ0) is 22.7. The van der Waals surface area contributed by atoms with Gasteiger partial charge in [0.2, 0.25) is 0 Å². The van der Waals surface area contributed by atoms with E-state index in [-0.39, 0.29) is 23.0 Å². The molecule has 32 heavy (non-hydrogen) atoms. The molecule has 0 atom stereocenters. The van der Waals surface area contributed by atoms with E-state index < -0.39 is 0 Å². The molecule has 0 radical (unpaired) electrons. The summed E-state index contributed by atoms with van der Waals surface area (Å²) in [7, 11) is 1.45. The van der Waals surface area contributed by atoms with Crippen LogP contribution < -0.4 is 10.4 Å². The first-order chi connectivity index (χ1) is 15.4. The zero-order valence-corrected chi connectivity index (χ0v) is 17.1. The zero-order valence-electron chi connectivity index (χ0n) is 17.1. The SMILES string of the molecule is COc1cc(/C=C/C(=O)c2cccc(-n3cc(-c4ccc(O)cc4)[nH]c3=O)c2)ccc1O. The maximum atomic E-state index is 12.7. The molecule has 0 aliphatic rings. The van der Waals surface area contributed by atoms with Gasteiger partial charge in [0.05, 0.1) is 18.5 Å². The van der Waals surface area contributed by atoms with E-state index in [1.165, 1.54) is 23.8 Å². The Morgan fingerprint density at radius 3 is 2.56 bits per heavy atom. The van der Waals surface area contributed by atoms with Gasteiger partial charge in [-0.3, -0.25) is 9.36 Å². The van der Waals surface area contributed by atoms with E-state index in [1.807, 2.05) is 0 Å². The predicted molar refractivity (Wildman–Crippen MR) is 122 cm³/mol. The number of carbonyl (C=O) groups is 1. The van der Waals surface area contributed by atoms with Gasteiger partial charge in [0.1, 0.15) is 5.75 Å². The Morgan fingerprint density at radius 2 is 1.81 bits per heavy atom. The van der Waals surface area contributed by atoms with Gasteiger partial charge < -0.3 is 19.9 Å². The summed E-state index contributed by atoms with van der Waals surface area (Å²) in [6, 6.07) is 18.0. The maximum Gasteiger partial charge on any atom is 0.330 e. The lowest BCUT2D eigenvalue weighted by Gasteiger charge is -2.04. The van der Waals surface area contributed by atoms with Crippen molar-refractivity contribution in [1.82, 2.24) is 9.55 Å². The Labute approximate surface area is 183 Å². The first kappa shape index (κ1) is 20.7. The highest BCUT2D eigenvalue weighted by molar-refractivity contribution is 6.07. The second-order valence-corrected chi connectivity index (χ2v) is 7.07. The van der Waals surface area contributed by atoms with E-state index >= 15 is 0 Å². The molecule has 3 N–H and O–H groups in total. The number of aromatic hydroxyl groups is 2. The number of ether oxygens (including phenoxy) is 1. The monoisotopic (exact) mass is 428 g/mol. The van der Waals surface area contributed by atoms with Crippen molar-refractivity contribution in [1.29, 1.82) is 0 Å². The molecule has 0 amide bonds. The van der Waals surface area contributed by atoms with Crippen LogP contribution in [-0.2, 0) is 0 Å². The molecule has 4 rings (SSSR count). The van der Waals surface area contributed by atoms with Crippen LogP contribution in [0.15, 0.2) is 83.8 Å². The van der Waals surface area contributed by atoms with Gasteiger partial charge in [-0.2, -0.15) is 0 Å². The molecule has 0 fully saturated rings. The van der Waals surface area contributed by atoms with Gasteiger partial charge in [-0.15, -0.1) is 0 Å². The summed E-state index contributed by atoms with van der Waals surface area (Å²) >= 11 is 0. The fourth-order valence-electron chi connectivity index (χ4n) is 3.25. The number of methoxy groups -OCH3 is 1. The number of hydrogen-bond acceptors (Lipinski definition) is 5. The normalized spacial score (nSPS) is 11.0. The smallest absolute Gasteiger partial charge is 0.330 e. The Hall–Kier alpha value is -4.52. The second-order valence-electron chi connectivity index (χ2n) is 7.07. The van der Waals surface area contributed by atoms with E-state index in [0.29, 0.717) is 28.3 Å². The quantitative estimate of drug-likeness (QED) is 0.316. The van der Waals surface area contributed by atoms with Crippen molar-refractivity contribution < 1.29 is 19.7 Å². The first-order valence-corrected chi connectivity index (χ1v) is 9.75. The van der Waals surface area contributed by atoms with Crippen molar-refractivity contribution in [2.75, 3.05) is 7.11 Å². The topological polar surface area (TPSA) is 105 Å². The third-order valence-electron chi connectivity index (χ3n) is 4.94. The number of nitrogens with zero attached hydrogens (tertiary/aromatic N) is 1. The van der Waals surface area contributed by atoms with Crippen LogP contribution in [0.25, 0.3) is 23.0 Å². The van der Waals surface area contributed by atoms with Crippen molar-refractivity contribution in [2.45, 2.75) is 0 Å². The molecule has 0 unspecified atom stereocenters. The summed E-state index contributed by atoms with van der Waals surface area (Å²) in [6.07, 6.45) is 4.70. The molecule has 3 aromatic carbocycles. The van der Waals surface area contributed by atoms with Gasteiger partial charge >= 0.3 is 5.69 Å². The number of phenols is 2. The Morgan fingerprint density at radius 1 is 1.03 bits per heavy atom. The Balaban J connectivity index is 1.59. The van der Waals surface area contributed by atoms with Gasteiger partial charge in [0.25, 0.3) is 0 Å². The molecular weight excluding hydrogens is 408 g/mol. The minimum Gasteiger partial charge on any atom is -0.508 e. The Bertz CT molecular complexity index is 1360. The van der Waals surface area contributed by atoms with E-state index in [9.17, 15) is 19.8 Å². The number of phenolic OH excluding ortho intramolecular Hbond substituents is 2. The number of nitrogens with one attached hydrogen (secondary N) is 1. The van der Waals surface area contributed by atoms with Crippen LogP contribution in [0.2, 0.25) is 0 Å². The number of hydrogen-bond donors (Lipinski definition) is 3. The molecule has 4 aromatic rings. The van der Waals surface area contributed by atoms with E-state index in [4.69, 9.17) is 4.74 Å². The average Bonchev–Trinajstić information content (AvgIpc) is 3.20. The summed E-state index contributed by atoms with van der Waals surface area (Å²) in [5.74, 6) is 0.243. The second kappa shape index (κ2) is 8.69. The Kier molecular flexibility index (Phi) is 5.63. The fraction of sp³-hybridized carbons (Fsp3) is 0.0400. The summed E-state index contributed by atoms with van der Waals surface area (Å²) < 4.78 is 6.50. The number of rotatable bonds is 6. The highest BCUT2D eigenvalue weighted by Crippen LogP contribution is 2.27. The summed E-state index contributed by atoms with van der Waals surface area (Å²) in [6.45, 7) is 0. The van der Waals surface area contributed by atoms with E-state index in [0.717, 1.165) is 5.56 Å². The van der Waals surface area contributed by atoms with E-state index in [2.05, 4.69) is 4.98 Å². The number of ketones is 1. The largest absolute Gasteiger partial charge is 0.508 e. The number of H-pyrrole nitrogens is 1. The molecule has 1 heterocycles. The van der Waals surface area contributed by atoms with Crippen LogP contribution >= 0.6 is 0 Å². The number of aromatic amines is 1. The highest BCUT2D eigenvalue weighted by Gasteiger charge is 2.10. The summed E-state index contributed by atoms with van der Waals surface area (Å²) in [5, 5.41) is 19.1. The minimum atomic E-state index is -0.343. The summed E-state index contributed by atoms with van der Waals surface area (Å²) in [4.78, 5) is 28.0. The third-order valence-corrected chi connectivity index (χ3v) is 4.94. The molecule has 0 aliphatic heterocycles. The molecule has 7 heteroatoms. The van der Waals surface area contributed by atoms with Gasteiger partial charge in [-0.1, -0.05) is 24.3 Å².